The van der Waals surface area contributed by atoms with Gasteiger partial charge in [-0.3, -0.25) is 4.79 Å². The smallest absolute Gasteiger partial charge is 0.339 e. The third-order valence-corrected chi connectivity index (χ3v) is 5.46. The van der Waals surface area contributed by atoms with Crippen molar-refractivity contribution >= 4 is 33.3 Å². The van der Waals surface area contributed by atoms with Crippen LogP contribution in [-0.2, 0) is 21.3 Å². The summed E-state index contributed by atoms with van der Waals surface area (Å²) in [6, 6.07) is 7.67. The summed E-state index contributed by atoms with van der Waals surface area (Å²) >= 11 is 5.82. The molecule has 0 N–H and O–H groups in total. The van der Waals surface area contributed by atoms with Gasteiger partial charge in [0.25, 0.3) is 0 Å². The van der Waals surface area contributed by atoms with Gasteiger partial charge in [0.2, 0.25) is 5.91 Å². The lowest BCUT2D eigenvalue weighted by atomic mass is 10.0. The van der Waals surface area contributed by atoms with E-state index >= 15 is 0 Å². The minimum absolute atomic E-state index is 0.0444. The molecule has 8 heteroatoms. The van der Waals surface area contributed by atoms with Crippen molar-refractivity contribution in [3.8, 4) is 5.75 Å². The van der Waals surface area contributed by atoms with Crippen LogP contribution in [0, 0.1) is 5.82 Å². The van der Waals surface area contributed by atoms with Gasteiger partial charge in [-0.25, -0.2) is 4.39 Å². The zero-order valence-corrected chi connectivity index (χ0v) is 14.9. The Bertz CT molecular complexity index is 946. The maximum Gasteiger partial charge on any atom is 0.339 e. The van der Waals surface area contributed by atoms with E-state index in [0.29, 0.717) is 18.7 Å². The van der Waals surface area contributed by atoms with E-state index in [1.807, 2.05) is 0 Å². The molecule has 0 spiro atoms. The van der Waals surface area contributed by atoms with Crippen molar-refractivity contribution < 1.29 is 21.8 Å². The summed E-state index contributed by atoms with van der Waals surface area (Å²) in [5.41, 5.74) is 1.47. The molecule has 0 saturated heterocycles. The van der Waals surface area contributed by atoms with Crippen LogP contribution in [0.4, 0.5) is 10.1 Å². The standard InChI is InChI=1S/C17H15ClFNO4S/c1-11(21)20-8-2-3-12-9-14(5-6-16(12)20)25(22,23)24-17-7-4-13(19)10-15(17)18/h4-7,9-10H,2-3,8H2,1H3. The van der Waals surface area contributed by atoms with E-state index in [4.69, 9.17) is 15.8 Å². The van der Waals surface area contributed by atoms with Crippen molar-refractivity contribution in [2.75, 3.05) is 11.4 Å². The van der Waals surface area contributed by atoms with Gasteiger partial charge in [0, 0.05) is 19.2 Å². The van der Waals surface area contributed by atoms with Gasteiger partial charge in [0.1, 0.15) is 10.7 Å². The Kier molecular flexibility index (Phi) is 4.71. The van der Waals surface area contributed by atoms with Gasteiger partial charge in [-0.1, -0.05) is 11.6 Å². The number of nitrogens with zero attached hydrogens (tertiary/aromatic N) is 1. The molecule has 0 bridgehead atoms. The zero-order valence-electron chi connectivity index (χ0n) is 13.3. The first-order valence-electron chi connectivity index (χ1n) is 7.58. The number of carbonyl (C=O) groups excluding carboxylic acids is 1. The lowest BCUT2D eigenvalue weighted by Gasteiger charge is -2.28. The second-order valence-electron chi connectivity index (χ2n) is 5.68. The molecule has 0 aromatic heterocycles. The average molecular weight is 384 g/mol. The molecule has 0 atom stereocenters. The molecule has 0 fully saturated rings. The first kappa shape index (κ1) is 17.7. The van der Waals surface area contributed by atoms with E-state index in [9.17, 15) is 17.6 Å². The molecule has 5 nitrogen and oxygen atoms in total. The topological polar surface area (TPSA) is 63.7 Å². The van der Waals surface area contributed by atoms with Crippen molar-refractivity contribution in [3.05, 3.63) is 52.8 Å². The van der Waals surface area contributed by atoms with E-state index in [1.165, 1.54) is 19.1 Å². The second-order valence-corrected chi connectivity index (χ2v) is 7.63. The molecule has 0 unspecified atom stereocenters. The van der Waals surface area contributed by atoms with Crippen LogP contribution in [0.15, 0.2) is 41.3 Å². The fraction of sp³-hybridized carbons (Fsp3) is 0.235. The summed E-state index contributed by atoms with van der Waals surface area (Å²) in [7, 11) is -4.13. The molecule has 25 heavy (non-hydrogen) atoms. The molecule has 1 amide bonds. The molecule has 1 aliphatic heterocycles. The highest BCUT2D eigenvalue weighted by Gasteiger charge is 2.24. The van der Waals surface area contributed by atoms with Crippen LogP contribution in [-0.4, -0.2) is 20.9 Å². The highest BCUT2D eigenvalue weighted by atomic mass is 35.5. The van der Waals surface area contributed by atoms with E-state index in [0.717, 1.165) is 30.2 Å². The van der Waals surface area contributed by atoms with Gasteiger partial charge < -0.3 is 9.08 Å². The van der Waals surface area contributed by atoms with Gasteiger partial charge >= 0.3 is 10.1 Å². The van der Waals surface area contributed by atoms with E-state index in [2.05, 4.69) is 0 Å². The first-order valence-corrected chi connectivity index (χ1v) is 9.37. The summed E-state index contributed by atoms with van der Waals surface area (Å²) in [5, 5.41) is -0.135. The minimum atomic E-state index is -4.13. The predicted octanol–water partition coefficient (Wildman–Crippen LogP) is 3.55. The van der Waals surface area contributed by atoms with Crippen molar-refractivity contribution in [2.45, 2.75) is 24.7 Å². The predicted molar refractivity (Wildman–Crippen MR) is 92.0 cm³/mol. The molecule has 0 aliphatic carbocycles. The Morgan fingerprint density at radius 1 is 1.24 bits per heavy atom. The van der Waals surface area contributed by atoms with Crippen molar-refractivity contribution in [3.63, 3.8) is 0 Å². The molecule has 2 aromatic rings. The van der Waals surface area contributed by atoms with Crippen molar-refractivity contribution in [2.24, 2.45) is 0 Å². The molecular weight excluding hydrogens is 369 g/mol. The lowest BCUT2D eigenvalue weighted by Crippen LogP contribution is -2.33. The Labute approximate surface area is 150 Å². The normalized spacial score (nSPS) is 14.1. The fourth-order valence-corrected chi connectivity index (χ4v) is 4.02. The highest BCUT2D eigenvalue weighted by Crippen LogP contribution is 2.32. The number of hydrogen-bond acceptors (Lipinski definition) is 4. The second kappa shape index (κ2) is 6.65. The molecule has 3 rings (SSSR count). The van der Waals surface area contributed by atoms with Gasteiger partial charge in [-0.05, 0) is 54.8 Å². The molecule has 1 heterocycles. The maximum absolute atomic E-state index is 13.1. The van der Waals surface area contributed by atoms with E-state index in [1.54, 1.807) is 11.0 Å². The Morgan fingerprint density at radius 2 is 2.00 bits per heavy atom. The van der Waals surface area contributed by atoms with Gasteiger partial charge in [-0.15, -0.1) is 0 Å². The Balaban J connectivity index is 1.94. The number of anilines is 1. The number of hydrogen-bond donors (Lipinski definition) is 0. The van der Waals surface area contributed by atoms with Crippen molar-refractivity contribution in [1.82, 2.24) is 0 Å². The van der Waals surface area contributed by atoms with Crippen LogP contribution in [0.2, 0.25) is 5.02 Å². The molecular formula is C17H15ClFNO4S. The van der Waals surface area contributed by atoms with Crippen molar-refractivity contribution in [1.29, 1.82) is 0 Å². The number of aryl methyl sites for hydroxylation is 1. The number of fused-ring (bicyclic) bond motifs is 1. The van der Waals surface area contributed by atoms with Crippen LogP contribution in [0.1, 0.15) is 18.9 Å². The quantitative estimate of drug-likeness (QED) is 0.760. The summed E-state index contributed by atoms with van der Waals surface area (Å²) in [5.74, 6) is -0.829. The summed E-state index contributed by atoms with van der Waals surface area (Å²) in [6.07, 6.45) is 1.42. The summed E-state index contributed by atoms with van der Waals surface area (Å²) in [6.45, 7) is 2.08. The number of halogens is 2. The number of rotatable bonds is 3. The monoisotopic (exact) mass is 383 g/mol. The Hall–Kier alpha value is -2.12. The first-order chi connectivity index (χ1) is 11.8. The molecule has 132 valence electrons. The minimum Gasteiger partial charge on any atom is -0.377 e. The zero-order chi connectivity index (χ0) is 18.2. The lowest BCUT2D eigenvalue weighted by molar-refractivity contribution is -0.116. The molecule has 2 aromatic carbocycles. The highest BCUT2D eigenvalue weighted by molar-refractivity contribution is 7.87. The molecule has 0 saturated carbocycles. The maximum atomic E-state index is 13.1. The molecule has 0 radical (unpaired) electrons. The largest absolute Gasteiger partial charge is 0.377 e. The van der Waals surface area contributed by atoms with Gasteiger partial charge in [-0.2, -0.15) is 8.42 Å². The Morgan fingerprint density at radius 3 is 2.68 bits per heavy atom. The van der Waals surface area contributed by atoms with Crippen LogP contribution in [0.5, 0.6) is 5.75 Å². The van der Waals surface area contributed by atoms with Gasteiger partial charge in [0.15, 0.2) is 5.75 Å². The van der Waals surface area contributed by atoms with Crippen LogP contribution in [0.25, 0.3) is 0 Å². The van der Waals surface area contributed by atoms with Gasteiger partial charge in [0.05, 0.1) is 5.02 Å². The SMILES string of the molecule is CC(=O)N1CCCc2cc(S(=O)(=O)Oc3ccc(F)cc3Cl)ccc21. The van der Waals surface area contributed by atoms with Crippen LogP contribution in [0.3, 0.4) is 0 Å². The van der Waals surface area contributed by atoms with Crippen LogP contribution < -0.4 is 9.08 Å². The van der Waals surface area contributed by atoms with Crippen LogP contribution >= 0.6 is 11.6 Å². The summed E-state index contributed by atoms with van der Waals surface area (Å²) in [4.78, 5) is 13.3. The fourth-order valence-electron chi connectivity index (χ4n) is 2.77. The molecule has 1 aliphatic rings. The average Bonchev–Trinajstić information content (AvgIpc) is 2.56. The number of amides is 1. The van der Waals surface area contributed by atoms with E-state index < -0.39 is 15.9 Å². The van der Waals surface area contributed by atoms with E-state index in [-0.39, 0.29) is 21.6 Å². The third-order valence-electron chi connectivity index (χ3n) is 3.93. The summed E-state index contributed by atoms with van der Waals surface area (Å²) < 4.78 is 43.1. The number of carbonyl (C=O) groups is 1. The number of benzene rings is 2. The third kappa shape index (κ3) is 3.62.